The molecule has 8 nitrogen and oxygen atoms in total. The number of rotatable bonds is 54. The fourth-order valence-electron chi connectivity index (χ4n) is 8.18. The molecular formula is C66H115N2O6P. The van der Waals surface area contributed by atoms with Gasteiger partial charge in [-0.25, -0.2) is 0 Å². The predicted octanol–water partition coefficient (Wildman–Crippen LogP) is 18.3. The Labute approximate surface area is 463 Å². The number of phosphoric ester groups is 1. The van der Waals surface area contributed by atoms with Crippen LogP contribution >= 0.6 is 7.82 Å². The third-order valence-corrected chi connectivity index (χ3v) is 13.9. The third-order valence-electron chi connectivity index (χ3n) is 12.9. The van der Waals surface area contributed by atoms with E-state index >= 15 is 0 Å². The van der Waals surface area contributed by atoms with Gasteiger partial charge in [-0.2, -0.15) is 0 Å². The molecule has 9 heteroatoms. The van der Waals surface area contributed by atoms with E-state index in [1.165, 1.54) is 122 Å². The number of hydrogen-bond donors (Lipinski definition) is 2. The Balaban J connectivity index is 4.20. The molecule has 0 fully saturated rings. The minimum absolute atomic E-state index is 0.0127. The van der Waals surface area contributed by atoms with Crippen molar-refractivity contribution in [3.63, 3.8) is 0 Å². The highest BCUT2D eigenvalue weighted by Gasteiger charge is 2.23. The highest BCUT2D eigenvalue weighted by molar-refractivity contribution is 7.45. The van der Waals surface area contributed by atoms with Crippen LogP contribution in [0.5, 0.6) is 0 Å². The second-order valence-corrected chi connectivity index (χ2v) is 22.7. The maximum absolute atomic E-state index is 13.0. The number of aliphatic hydroxyl groups excluding tert-OH is 1. The van der Waals surface area contributed by atoms with E-state index in [4.69, 9.17) is 9.05 Å². The van der Waals surface area contributed by atoms with Gasteiger partial charge in [0.2, 0.25) is 5.91 Å². The zero-order chi connectivity index (χ0) is 54.9. The highest BCUT2D eigenvalue weighted by atomic mass is 31.2. The summed E-state index contributed by atoms with van der Waals surface area (Å²) >= 11 is 0. The maximum atomic E-state index is 13.0. The van der Waals surface area contributed by atoms with Gasteiger partial charge in [-0.3, -0.25) is 9.36 Å². The molecule has 0 aromatic carbocycles. The lowest BCUT2D eigenvalue weighted by Crippen LogP contribution is -2.45. The average molecular weight is 1060 g/mol. The fraction of sp³-hybridized carbons (Fsp3) is 0.682. The van der Waals surface area contributed by atoms with E-state index in [0.29, 0.717) is 17.4 Å². The first-order chi connectivity index (χ1) is 36.5. The van der Waals surface area contributed by atoms with Gasteiger partial charge in [0.25, 0.3) is 7.82 Å². The second kappa shape index (κ2) is 55.6. The molecule has 0 radical (unpaired) electrons. The minimum atomic E-state index is -4.61. The van der Waals surface area contributed by atoms with E-state index in [-0.39, 0.29) is 12.5 Å². The lowest BCUT2D eigenvalue weighted by Gasteiger charge is -2.29. The number of nitrogens with zero attached hydrogens (tertiary/aromatic N) is 1. The van der Waals surface area contributed by atoms with Crippen molar-refractivity contribution in [2.45, 2.75) is 251 Å². The summed E-state index contributed by atoms with van der Waals surface area (Å²) in [6, 6.07) is -0.914. The van der Waals surface area contributed by atoms with Crippen LogP contribution in [0.1, 0.15) is 239 Å². The first-order valence-electron chi connectivity index (χ1n) is 30.4. The van der Waals surface area contributed by atoms with Crippen molar-refractivity contribution >= 4 is 13.7 Å². The van der Waals surface area contributed by atoms with Crippen molar-refractivity contribution in [3.8, 4) is 0 Å². The van der Waals surface area contributed by atoms with Crippen molar-refractivity contribution in [1.29, 1.82) is 0 Å². The van der Waals surface area contributed by atoms with Gasteiger partial charge in [-0.15, -0.1) is 0 Å². The van der Waals surface area contributed by atoms with Crippen LogP contribution in [-0.4, -0.2) is 68.5 Å². The van der Waals surface area contributed by atoms with Gasteiger partial charge in [-0.05, 0) is 96.3 Å². The molecule has 0 saturated carbocycles. The molecule has 0 aromatic heterocycles. The summed E-state index contributed by atoms with van der Waals surface area (Å²) in [5, 5.41) is 13.9. The van der Waals surface area contributed by atoms with Crippen LogP contribution in [-0.2, 0) is 18.4 Å². The van der Waals surface area contributed by atoms with Gasteiger partial charge in [0.15, 0.2) is 0 Å². The summed E-state index contributed by atoms with van der Waals surface area (Å²) in [6.45, 7) is 4.51. The number of amides is 1. The number of allylic oxidation sites excluding steroid dienone is 19. The largest absolute Gasteiger partial charge is 0.756 e. The molecule has 0 rings (SSSR count). The van der Waals surface area contributed by atoms with Gasteiger partial charge < -0.3 is 28.8 Å². The van der Waals surface area contributed by atoms with Crippen molar-refractivity contribution in [1.82, 2.24) is 5.32 Å². The highest BCUT2D eigenvalue weighted by Crippen LogP contribution is 2.38. The molecule has 2 N–H and O–H groups in total. The summed E-state index contributed by atoms with van der Waals surface area (Å²) < 4.78 is 23.3. The number of hydrogen-bond acceptors (Lipinski definition) is 6. The van der Waals surface area contributed by atoms with Crippen molar-refractivity contribution in [3.05, 3.63) is 122 Å². The standard InChI is InChI=1S/C66H115N2O6P/c1-6-8-10-12-14-16-18-20-22-24-26-27-28-29-30-31-32-33-34-35-36-37-38-39-40-41-42-44-46-48-50-52-54-56-58-60-66(70)67-64(63-74-75(71,72)73-62-61-68(3,4)5)65(69)59-57-55-53-51-49-47-45-43-25-23-21-19-17-15-13-11-9-7-2/h8,10,14,16,20,22,26-27,29-30,32-33,35-36,38-39,49,51,57,59,64-65,69H,6-7,9,11-13,15,17-19,21,23-25,28,31,34,37,40-48,50,52-56,58,60-63H2,1-5H3,(H-,67,70,71,72)/b10-8-,16-14-,22-20-,27-26-,30-29-,33-32-,36-35-,39-38-,51-49+,59-57+. The monoisotopic (exact) mass is 1060 g/mol. The molecule has 3 unspecified atom stereocenters. The zero-order valence-electron chi connectivity index (χ0n) is 49.0. The van der Waals surface area contributed by atoms with Crippen molar-refractivity contribution < 1.29 is 32.9 Å². The average Bonchev–Trinajstić information content (AvgIpc) is 3.37. The number of quaternary nitrogens is 1. The van der Waals surface area contributed by atoms with Crippen molar-refractivity contribution in [2.24, 2.45) is 0 Å². The lowest BCUT2D eigenvalue weighted by molar-refractivity contribution is -0.870. The van der Waals surface area contributed by atoms with Gasteiger partial charge in [0, 0.05) is 6.42 Å². The number of nitrogens with one attached hydrogen (secondary N) is 1. The summed E-state index contributed by atoms with van der Waals surface area (Å²) in [6.07, 6.45) is 82.8. The SMILES string of the molecule is CC/C=C\C/C=C\C/C=C\C/C=C\C/C=C\C/C=C\C/C=C\C/C=C\CCCCCCCCCCCCC(=O)NC(COP(=O)([O-])OCC[N+](C)(C)C)C(O)/C=C/CC/C=C/CCCCCCCCCCCCCC. The van der Waals surface area contributed by atoms with E-state index in [1.54, 1.807) is 6.08 Å². The Morgan fingerprint density at radius 3 is 1.24 bits per heavy atom. The van der Waals surface area contributed by atoms with Gasteiger partial charge in [-0.1, -0.05) is 257 Å². The molecule has 0 bridgehead atoms. The van der Waals surface area contributed by atoms with Crippen LogP contribution in [0.2, 0.25) is 0 Å². The Kier molecular flexibility index (Phi) is 53.3. The number of carbonyl (C=O) groups excluding carboxylic acids is 1. The topological polar surface area (TPSA) is 108 Å². The molecule has 0 heterocycles. The molecule has 0 aliphatic carbocycles. The van der Waals surface area contributed by atoms with E-state index in [2.05, 4.69) is 129 Å². The van der Waals surface area contributed by atoms with Crippen LogP contribution in [0.3, 0.4) is 0 Å². The Bertz CT molecular complexity index is 1630. The van der Waals surface area contributed by atoms with Gasteiger partial charge in [0.05, 0.1) is 39.9 Å². The fourth-order valence-corrected chi connectivity index (χ4v) is 8.91. The lowest BCUT2D eigenvalue weighted by atomic mass is 10.0. The predicted molar refractivity (Wildman–Crippen MR) is 325 cm³/mol. The number of carbonyl (C=O) groups is 1. The number of unbranched alkanes of at least 4 members (excludes halogenated alkanes) is 23. The Morgan fingerprint density at radius 2 is 0.827 bits per heavy atom. The second-order valence-electron chi connectivity index (χ2n) is 21.3. The molecular weight excluding hydrogens is 948 g/mol. The van der Waals surface area contributed by atoms with E-state index in [0.717, 1.165) is 96.3 Å². The first-order valence-corrected chi connectivity index (χ1v) is 31.9. The van der Waals surface area contributed by atoms with Gasteiger partial charge >= 0.3 is 0 Å². The first kappa shape index (κ1) is 71.9. The van der Waals surface area contributed by atoms with Crippen molar-refractivity contribution in [2.75, 3.05) is 40.9 Å². The van der Waals surface area contributed by atoms with Crippen LogP contribution < -0.4 is 10.2 Å². The number of aliphatic hydroxyl groups is 1. The number of likely N-dealkylation sites (N-methyl/N-ethyl adjacent to an activating group) is 1. The molecule has 3 atom stereocenters. The molecule has 0 aromatic rings. The normalized spacial score (nSPS) is 14.7. The molecule has 75 heavy (non-hydrogen) atoms. The minimum Gasteiger partial charge on any atom is -0.756 e. The van der Waals surface area contributed by atoms with Crippen LogP contribution in [0, 0.1) is 0 Å². The molecule has 0 aliphatic rings. The Morgan fingerprint density at radius 1 is 0.480 bits per heavy atom. The van der Waals surface area contributed by atoms with Crippen LogP contribution in [0.4, 0.5) is 0 Å². The smallest absolute Gasteiger partial charge is 0.268 e. The van der Waals surface area contributed by atoms with Crippen LogP contribution in [0.25, 0.3) is 0 Å². The Hall–Kier alpha value is -3.10. The molecule has 0 aliphatic heterocycles. The summed E-state index contributed by atoms with van der Waals surface area (Å²) in [7, 11) is 1.23. The third kappa shape index (κ3) is 58.4. The molecule has 0 saturated heterocycles. The molecule has 1 amide bonds. The van der Waals surface area contributed by atoms with Gasteiger partial charge in [0.1, 0.15) is 13.2 Å². The summed E-state index contributed by atoms with van der Waals surface area (Å²) in [5.41, 5.74) is 0. The van der Waals surface area contributed by atoms with Crippen LogP contribution in [0.15, 0.2) is 122 Å². The quantitative estimate of drug-likeness (QED) is 0.0272. The number of phosphoric acid groups is 1. The van der Waals surface area contributed by atoms with E-state index in [1.807, 2.05) is 27.2 Å². The molecule has 0 spiro atoms. The van der Waals surface area contributed by atoms with E-state index in [9.17, 15) is 19.4 Å². The zero-order valence-corrected chi connectivity index (χ0v) is 49.8. The molecule has 430 valence electrons. The summed E-state index contributed by atoms with van der Waals surface area (Å²) in [4.78, 5) is 25.5. The maximum Gasteiger partial charge on any atom is 0.268 e. The van der Waals surface area contributed by atoms with E-state index < -0.39 is 26.6 Å². The summed E-state index contributed by atoms with van der Waals surface area (Å²) in [5.74, 6) is -0.216.